The first kappa shape index (κ1) is 15.7. The van der Waals surface area contributed by atoms with Crippen molar-refractivity contribution in [1.82, 2.24) is 15.2 Å². The van der Waals surface area contributed by atoms with Crippen LogP contribution in [0.3, 0.4) is 0 Å². The highest BCUT2D eigenvalue weighted by Crippen LogP contribution is 2.16. The minimum absolute atomic E-state index is 0.123. The molecule has 0 atom stereocenters. The fraction of sp³-hybridized carbons (Fsp3) is 0.118. The molecule has 0 bridgehead atoms. The maximum absolute atomic E-state index is 13.0. The van der Waals surface area contributed by atoms with Gasteiger partial charge in [0.15, 0.2) is 11.6 Å². The number of rotatable bonds is 4. The predicted octanol–water partition coefficient (Wildman–Crippen LogP) is 1.25. The molecule has 2 aromatic carbocycles. The van der Waals surface area contributed by atoms with Gasteiger partial charge >= 0.3 is 7.12 Å². The molecule has 4 rings (SSSR count). The molecule has 25 heavy (non-hydrogen) atoms. The summed E-state index contributed by atoms with van der Waals surface area (Å²) in [4.78, 5) is 16.6. The zero-order valence-corrected chi connectivity index (χ0v) is 13.1. The Morgan fingerprint density at radius 2 is 2.08 bits per heavy atom. The van der Waals surface area contributed by atoms with E-state index in [0.29, 0.717) is 23.5 Å². The Labute approximate surface area is 142 Å². The van der Waals surface area contributed by atoms with Gasteiger partial charge in [-0.15, -0.1) is 0 Å². The van der Waals surface area contributed by atoms with Gasteiger partial charge in [-0.3, -0.25) is 9.89 Å². The van der Waals surface area contributed by atoms with E-state index in [1.807, 2.05) is 12.1 Å². The van der Waals surface area contributed by atoms with Crippen LogP contribution in [-0.4, -0.2) is 33.1 Å². The van der Waals surface area contributed by atoms with Gasteiger partial charge in [-0.25, -0.2) is 9.37 Å². The van der Waals surface area contributed by atoms with Gasteiger partial charge in [-0.05, 0) is 40.9 Å². The average molecular weight is 337 g/mol. The Morgan fingerprint density at radius 1 is 1.28 bits per heavy atom. The molecule has 0 fully saturated rings. The van der Waals surface area contributed by atoms with Crippen molar-refractivity contribution >= 4 is 18.4 Å². The second kappa shape index (κ2) is 6.23. The van der Waals surface area contributed by atoms with Crippen LogP contribution in [0.25, 0.3) is 11.4 Å². The molecule has 2 N–H and O–H groups in total. The number of aromatic nitrogens is 3. The van der Waals surface area contributed by atoms with Crippen molar-refractivity contribution in [2.45, 2.75) is 13.0 Å². The van der Waals surface area contributed by atoms with E-state index in [4.69, 9.17) is 4.65 Å². The van der Waals surface area contributed by atoms with E-state index in [9.17, 15) is 14.2 Å². The summed E-state index contributed by atoms with van der Waals surface area (Å²) in [5.41, 5.74) is 2.99. The molecule has 3 aromatic rings. The second-order valence-electron chi connectivity index (χ2n) is 5.81. The highest BCUT2D eigenvalue weighted by Gasteiger charge is 2.27. The monoisotopic (exact) mass is 337 g/mol. The first-order valence-corrected chi connectivity index (χ1v) is 7.73. The normalized spacial score (nSPS) is 13.1. The molecule has 1 aliphatic rings. The number of hydrogen-bond donors (Lipinski definition) is 2. The molecule has 8 heteroatoms. The van der Waals surface area contributed by atoms with Gasteiger partial charge in [-0.1, -0.05) is 18.2 Å². The molecule has 124 valence electrons. The summed E-state index contributed by atoms with van der Waals surface area (Å²) in [6, 6.07) is 11.2. The van der Waals surface area contributed by atoms with E-state index in [1.54, 1.807) is 18.2 Å². The first-order chi connectivity index (χ1) is 12.1. The zero-order chi connectivity index (χ0) is 17.4. The number of nitrogens with zero attached hydrogens (tertiary/aromatic N) is 2. The first-order valence-electron chi connectivity index (χ1n) is 7.73. The number of carbonyl (C=O) groups excluding carboxylic acids is 1. The number of H-pyrrole nitrogens is 1. The van der Waals surface area contributed by atoms with Gasteiger partial charge in [0.1, 0.15) is 5.82 Å². The largest absolute Gasteiger partial charge is 0.491 e. The van der Waals surface area contributed by atoms with Crippen LogP contribution in [0.5, 0.6) is 0 Å². The van der Waals surface area contributed by atoms with Crippen molar-refractivity contribution in [3.8, 4) is 11.4 Å². The molecular formula is C17H13BFN3O3. The van der Waals surface area contributed by atoms with Crippen LogP contribution in [0.15, 0.2) is 42.5 Å². The number of nitrogens with one attached hydrogen (secondary N) is 1. The number of ketones is 1. The van der Waals surface area contributed by atoms with Crippen molar-refractivity contribution in [2.24, 2.45) is 0 Å². The summed E-state index contributed by atoms with van der Waals surface area (Å²) < 4.78 is 18.1. The number of hydrogen-bond acceptors (Lipinski definition) is 5. The maximum atomic E-state index is 13.0. The smallest absolute Gasteiger partial charge is 0.423 e. The van der Waals surface area contributed by atoms with E-state index in [2.05, 4.69) is 15.2 Å². The number of Topliss-reactive ketones (excluding diaryl/α,β-unsaturated/α-hetero) is 1. The molecule has 0 saturated carbocycles. The maximum Gasteiger partial charge on any atom is 0.491 e. The lowest BCUT2D eigenvalue weighted by molar-refractivity contribution is 0.0983. The number of aromatic amines is 1. The number of benzene rings is 2. The summed E-state index contributed by atoms with van der Waals surface area (Å²) in [7, 11) is -0.944. The SMILES string of the molecule is O=C(Cc1ccc2c(c1)B(O)OC2)c1nc(-c2ccc(F)cc2)n[nH]1. The summed E-state index contributed by atoms with van der Waals surface area (Å²) in [5.74, 6) is -0.106. The average Bonchev–Trinajstić information content (AvgIpc) is 3.24. The Balaban J connectivity index is 1.52. The third-order valence-corrected chi connectivity index (χ3v) is 4.09. The van der Waals surface area contributed by atoms with Crippen molar-refractivity contribution in [3.63, 3.8) is 0 Å². The van der Waals surface area contributed by atoms with E-state index in [-0.39, 0.29) is 23.8 Å². The van der Waals surface area contributed by atoms with Gasteiger partial charge < -0.3 is 9.68 Å². The van der Waals surface area contributed by atoms with Crippen molar-refractivity contribution < 1.29 is 18.9 Å². The molecule has 6 nitrogen and oxygen atoms in total. The predicted molar refractivity (Wildman–Crippen MR) is 88.6 cm³/mol. The molecular weight excluding hydrogens is 324 g/mol. The fourth-order valence-corrected chi connectivity index (χ4v) is 2.76. The van der Waals surface area contributed by atoms with Gasteiger partial charge in [0.05, 0.1) is 6.61 Å². The third kappa shape index (κ3) is 3.09. The zero-order valence-electron chi connectivity index (χ0n) is 13.1. The highest BCUT2D eigenvalue weighted by molar-refractivity contribution is 6.61. The Morgan fingerprint density at radius 3 is 2.88 bits per heavy atom. The number of fused-ring (bicyclic) bond motifs is 1. The number of carbonyl (C=O) groups is 1. The molecule has 0 spiro atoms. The molecule has 2 heterocycles. The van der Waals surface area contributed by atoms with Crippen LogP contribution in [-0.2, 0) is 17.7 Å². The van der Waals surface area contributed by atoms with Crippen molar-refractivity contribution in [1.29, 1.82) is 0 Å². The van der Waals surface area contributed by atoms with E-state index >= 15 is 0 Å². The molecule has 0 unspecified atom stereocenters. The van der Waals surface area contributed by atoms with Crippen LogP contribution in [0, 0.1) is 5.82 Å². The van der Waals surface area contributed by atoms with Crippen LogP contribution in [0.2, 0.25) is 0 Å². The molecule has 1 aromatic heterocycles. The summed E-state index contributed by atoms with van der Waals surface area (Å²) in [5, 5.41) is 16.4. The van der Waals surface area contributed by atoms with E-state index in [0.717, 1.165) is 11.1 Å². The minimum atomic E-state index is -0.944. The second-order valence-corrected chi connectivity index (χ2v) is 5.81. The molecule has 0 radical (unpaired) electrons. The molecule has 0 amide bonds. The van der Waals surface area contributed by atoms with Crippen LogP contribution < -0.4 is 5.46 Å². The summed E-state index contributed by atoms with van der Waals surface area (Å²) in [6.45, 7) is 0.369. The lowest BCUT2D eigenvalue weighted by Crippen LogP contribution is -2.28. The van der Waals surface area contributed by atoms with Crippen LogP contribution in [0.1, 0.15) is 21.7 Å². The molecule has 0 aliphatic carbocycles. The van der Waals surface area contributed by atoms with Crippen LogP contribution >= 0.6 is 0 Å². The minimum Gasteiger partial charge on any atom is -0.423 e. The summed E-state index contributed by atoms with van der Waals surface area (Å²) >= 11 is 0. The van der Waals surface area contributed by atoms with E-state index in [1.165, 1.54) is 12.1 Å². The summed E-state index contributed by atoms with van der Waals surface area (Å²) in [6.07, 6.45) is 0.123. The lowest BCUT2D eigenvalue weighted by atomic mass is 9.78. The Bertz CT molecular complexity index is 943. The number of halogens is 1. The van der Waals surface area contributed by atoms with Gasteiger partial charge in [0.25, 0.3) is 0 Å². The van der Waals surface area contributed by atoms with Gasteiger partial charge in [0.2, 0.25) is 5.78 Å². The quantitative estimate of drug-likeness (QED) is 0.553. The lowest BCUT2D eigenvalue weighted by Gasteiger charge is -2.03. The van der Waals surface area contributed by atoms with Crippen molar-refractivity contribution in [2.75, 3.05) is 0 Å². The fourth-order valence-electron chi connectivity index (χ4n) is 2.76. The Kier molecular flexibility index (Phi) is 3.91. The highest BCUT2D eigenvalue weighted by atomic mass is 19.1. The molecule has 1 aliphatic heterocycles. The standard InChI is InChI=1S/C17H13BFN3O3/c19-13-5-3-11(4-6-13)16-20-17(22-21-16)15(23)8-10-1-2-12-9-25-18(24)14(12)7-10/h1-7,24H,8-9H2,(H,20,21,22). The topological polar surface area (TPSA) is 88.1 Å². The van der Waals surface area contributed by atoms with E-state index < -0.39 is 7.12 Å². The van der Waals surface area contributed by atoms with Gasteiger partial charge in [0, 0.05) is 12.0 Å². The van der Waals surface area contributed by atoms with Gasteiger partial charge in [-0.2, -0.15) is 5.10 Å². The molecule has 0 saturated heterocycles. The van der Waals surface area contributed by atoms with Crippen LogP contribution in [0.4, 0.5) is 4.39 Å². The van der Waals surface area contributed by atoms with Crippen molar-refractivity contribution in [3.05, 3.63) is 65.2 Å². The Hall–Kier alpha value is -2.84. The third-order valence-electron chi connectivity index (χ3n) is 4.09.